The fraction of sp³-hybridized carbons (Fsp3) is 0.444. The number of nitrogens with zero attached hydrogens (tertiary/aromatic N) is 3. The minimum atomic E-state index is -0.250. The van der Waals surface area contributed by atoms with Crippen LogP contribution in [0.1, 0.15) is 18.4 Å². The van der Waals surface area contributed by atoms with Crippen LogP contribution in [0.2, 0.25) is 0 Å². The Kier molecular flexibility index (Phi) is 3.84. The van der Waals surface area contributed by atoms with Crippen LogP contribution < -0.4 is 0 Å². The summed E-state index contributed by atoms with van der Waals surface area (Å²) < 4.78 is 13.5. The van der Waals surface area contributed by atoms with E-state index in [9.17, 15) is 9.18 Å². The standard InChI is InChI=1S/C18H21FN4O/c1-22-16-11-23(6-5-12(16)8-17(22)24)10-14-9-20-21-18(14)13-3-2-4-15(19)7-13/h2-4,7,9,12,16H,5-6,8,10-11H2,1H3,(H,20,21)/t12-,16-/m1/s1. The van der Waals surface area contributed by atoms with Crippen LogP contribution in [0.15, 0.2) is 30.5 Å². The van der Waals surface area contributed by atoms with Crippen molar-refractivity contribution in [1.82, 2.24) is 20.0 Å². The second-order valence-corrected chi connectivity index (χ2v) is 6.84. The first-order valence-corrected chi connectivity index (χ1v) is 8.38. The van der Waals surface area contributed by atoms with Crippen LogP contribution in [0.4, 0.5) is 4.39 Å². The van der Waals surface area contributed by atoms with Gasteiger partial charge in [-0.05, 0) is 31.0 Å². The van der Waals surface area contributed by atoms with Crippen LogP contribution in [-0.4, -0.2) is 52.1 Å². The highest BCUT2D eigenvalue weighted by Crippen LogP contribution is 2.32. The van der Waals surface area contributed by atoms with Crippen molar-refractivity contribution >= 4 is 5.91 Å². The Morgan fingerprint density at radius 2 is 2.29 bits per heavy atom. The lowest BCUT2D eigenvalue weighted by Crippen LogP contribution is -2.47. The van der Waals surface area contributed by atoms with Gasteiger partial charge in [-0.3, -0.25) is 14.8 Å². The van der Waals surface area contributed by atoms with Crippen molar-refractivity contribution in [1.29, 1.82) is 0 Å². The van der Waals surface area contributed by atoms with E-state index in [1.807, 2.05) is 24.2 Å². The van der Waals surface area contributed by atoms with Crippen LogP contribution in [0.5, 0.6) is 0 Å². The smallest absolute Gasteiger partial charge is 0.222 e. The van der Waals surface area contributed by atoms with Crippen LogP contribution in [0.25, 0.3) is 11.3 Å². The number of nitrogens with one attached hydrogen (secondary N) is 1. The number of likely N-dealkylation sites (tertiary alicyclic amines) is 2. The summed E-state index contributed by atoms with van der Waals surface area (Å²) in [6, 6.07) is 6.87. The van der Waals surface area contributed by atoms with Gasteiger partial charge in [0.1, 0.15) is 5.82 Å². The molecule has 0 radical (unpaired) electrons. The molecule has 0 aliphatic carbocycles. The largest absolute Gasteiger partial charge is 0.341 e. The molecule has 0 unspecified atom stereocenters. The molecule has 126 valence electrons. The molecule has 2 fully saturated rings. The maximum absolute atomic E-state index is 13.5. The number of hydrogen-bond acceptors (Lipinski definition) is 3. The number of likely N-dealkylation sites (N-methyl/N-ethyl adjacent to an activating group) is 1. The van der Waals surface area contributed by atoms with Crippen molar-refractivity contribution in [2.45, 2.75) is 25.4 Å². The fourth-order valence-electron chi connectivity index (χ4n) is 3.99. The van der Waals surface area contributed by atoms with Gasteiger partial charge in [0.2, 0.25) is 5.91 Å². The van der Waals surface area contributed by atoms with Gasteiger partial charge in [-0.2, -0.15) is 5.10 Å². The Morgan fingerprint density at radius 1 is 1.42 bits per heavy atom. The summed E-state index contributed by atoms with van der Waals surface area (Å²) in [5, 5.41) is 7.14. The third-order valence-electron chi connectivity index (χ3n) is 5.36. The fourth-order valence-corrected chi connectivity index (χ4v) is 3.99. The summed E-state index contributed by atoms with van der Waals surface area (Å²) >= 11 is 0. The zero-order valence-electron chi connectivity index (χ0n) is 13.7. The van der Waals surface area contributed by atoms with E-state index in [0.717, 1.165) is 42.9 Å². The van der Waals surface area contributed by atoms with E-state index in [0.29, 0.717) is 18.4 Å². The average molecular weight is 328 g/mol. The van der Waals surface area contributed by atoms with Crippen molar-refractivity contribution in [3.63, 3.8) is 0 Å². The minimum absolute atomic E-state index is 0.250. The number of aromatic nitrogens is 2. The first-order valence-electron chi connectivity index (χ1n) is 8.38. The molecule has 0 saturated carbocycles. The number of rotatable bonds is 3. The van der Waals surface area contributed by atoms with Gasteiger partial charge in [-0.1, -0.05) is 12.1 Å². The van der Waals surface area contributed by atoms with Crippen LogP contribution >= 0.6 is 0 Å². The van der Waals surface area contributed by atoms with E-state index < -0.39 is 0 Å². The lowest BCUT2D eigenvalue weighted by Gasteiger charge is -2.37. The quantitative estimate of drug-likeness (QED) is 0.940. The summed E-state index contributed by atoms with van der Waals surface area (Å²) in [6.45, 7) is 2.63. The molecule has 4 rings (SSSR count). The van der Waals surface area contributed by atoms with Gasteiger partial charge in [0.25, 0.3) is 0 Å². The Morgan fingerprint density at radius 3 is 3.12 bits per heavy atom. The van der Waals surface area contributed by atoms with Crippen molar-refractivity contribution in [3.8, 4) is 11.3 Å². The van der Waals surface area contributed by atoms with Gasteiger partial charge in [0, 0.05) is 43.7 Å². The second kappa shape index (κ2) is 6.02. The summed E-state index contributed by atoms with van der Waals surface area (Å²) in [5.41, 5.74) is 2.74. The average Bonchev–Trinajstić information content (AvgIpc) is 3.13. The number of benzene rings is 1. The first kappa shape index (κ1) is 15.3. The predicted molar refractivity (Wildman–Crippen MR) is 88.5 cm³/mol. The molecule has 1 aromatic carbocycles. The van der Waals surface area contributed by atoms with E-state index in [2.05, 4.69) is 15.1 Å². The maximum atomic E-state index is 13.5. The molecule has 1 amide bonds. The lowest BCUT2D eigenvalue weighted by atomic mass is 9.92. The molecule has 3 heterocycles. The zero-order chi connectivity index (χ0) is 16.7. The molecule has 2 saturated heterocycles. The van der Waals surface area contributed by atoms with Gasteiger partial charge >= 0.3 is 0 Å². The maximum Gasteiger partial charge on any atom is 0.222 e. The SMILES string of the molecule is CN1C(=O)C[C@H]2CCN(Cc3cn[nH]c3-c3cccc(F)c3)C[C@H]21. The number of aromatic amines is 1. The normalized spacial score (nSPS) is 24.4. The van der Waals surface area contributed by atoms with E-state index in [4.69, 9.17) is 0 Å². The lowest BCUT2D eigenvalue weighted by molar-refractivity contribution is -0.127. The molecule has 2 aromatic rings. The van der Waals surface area contributed by atoms with Gasteiger partial charge in [-0.25, -0.2) is 4.39 Å². The third-order valence-corrected chi connectivity index (χ3v) is 5.36. The van der Waals surface area contributed by atoms with E-state index >= 15 is 0 Å². The number of H-pyrrole nitrogens is 1. The van der Waals surface area contributed by atoms with Crippen molar-refractivity contribution in [2.24, 2.45) is 5.92 Å². The number of carbonyl (C=O) groups excluding carboxylic acids is 1. The number of amides is 1. The molecule has 2 atom stereocenters. The topological polar surface area (TPSA) is 52.2 Å². The summed E-state index contributed by atoms with van der Waals surface area (Å²) in [5.74, 6) is 0.501. The summed E-state index contributed by atoms with van der Waals surface area (Å²) in [7, 11) is 1.91. The van der Waals surface area contributed by atoms with Crippen LogP contribution in [0.3, 0.4) is 0 Å². The third kappa shape index (κ3) is 2.71. The molecule has 1 aromatic heterocycles. The van der Waals surface area contributed by atoms with Crippen molar-refractivity contribution < 1.29 is 9.18 Å². The number of carbonyl (C=O) groups is 1. The molecule has 6 heteroatoms. The zero-order valence-corrected chi connectivity index (χ0v) is 13.7. The minimum Gasteiger partial charge on any atom is -0.341 e. The van der Waals surface area contributed by atoms with Crippen LogP contribution in [-0.2, 0) is 11.3 Å². The van der Waals surface area contributed by atoms with Crippen molar-refractivity contribution in [3.05, 3.63) is 41.8 Å². The Labute approximate surface area is 140 Å². The Bertz CT molecular complexity index is 759. The first-order chi connectivity index (χ1) is 11.6. The van der Waals surface area contributed by atoms with Gasteiger partial charge in [0.05, 0.1) is 11.9 Å². The highest BCUT2D eigenvalue weighted by atomic mass is 19.1. The molecular formula is C18H21FN4O. The van der Waals surface area contributed by atoms with Crippen molar-refractivity contribution in [2.75, 3.05) is 20.1 Å². The molecular weight excluding hydrogens is 307 g/mol. The van der Waals surface area contributed by atoms with Crippen LogP contribution in [0, 0.1) is 11.7 Å². The van der Waals surface area contributed by atoms with E-state index in [-0.39, 0.29) is 11.7 Å². The molecule has 2 aliphatic rings. The van der Waals surface area contributed by atoms with E-state index in [1.54, 1.807) is 6.07 Å². The Hall–Kier alpha value is -2.21. The molecule has 0 spiro atoms. The molecule has 2 aliphatic heterocycles. The number of piperidine rings is 1. The highest BCUT2D eigenvalue weighted by Gasteiger charge is 2.40. The monoisotopic (exact) mass is 328 g/mol. The molecule has 24 heavy (non-hydrogen) atoms. The molecule has 5 nitrogen and oxygen atoms in total. The summed E-state index contributed by atoms with van der Waals surface area (Å²) in [6.07, 6.45) is 3.55. The van der Waals surface area contributed by atoms with Gasteiger partial charge in [-0.15, -0.1) is 0 Å². The molecule has 1 N–H and O–H groups in total. The van der Waals surface area contributed by atoms with E-state index in [1.165, 1.54) is 12.1 Å². The van der Waals surface area contributed by atoms with Gasteiger partial charge < -0.3 is 4.90 Å². The highest BCUT2D eigenvalue weighted by molar-refractivity contribution is 5.79. The number of hydrogen-bond donors (Lipinski definition) is 1. The summed E-state index contributed by atoms with van der Waals surface area (Å²) in [4.78, 5) is 16.2. The number of halogens is 1. The molecule has 0 bridgehead atoms. The second-order valence-electron chi connectivity index (χ2n) is 6.84. The Balaban J connectivity index is 1.51. The predicted octanol–water partition coefficient (Wildman–Crippen LogP) is 2.27. The van der Waals surface area contributed by atoms with Gasteiger partial charge in [0.15, 0.2) is 0 Å². The number of fused-ring (bicyclic) bond motifs is 1.